The SMILES string of the molecule is Cc1ccc(Br)cc1NCc1cc(Br)c2c(c1)OCCO2. The van der Waals surface area contributed by atoms with Crippen molar-refractivity contribution in [3.63, 3.8) is 0 Å². The summed E-state index contributed by atoms with van der Waals surface area (Å²) in [5.41, 5.74) is 3.48. The highest BCUT2D eigenvalue weighted by Crippen LogP contribution is 2.38. The summed E-state index contributed by atoms with van der Waals surface area (Å²) < 4.78 is 13.3. The molecule has 0 fully saturated rings. The zero-order valence-corrected chi connectivity index (χ0v) is 14.8. The van der Waals surface area contributed by atoms with Crippen LogP contribution >= 0.6 is 31.9 Å². The Balaban J connectivity index is 1.79. The minimum Gasteiger partial charge on any atom is -0.486 e. The molecule has 2 aromatic carbocycles. The van der Waals surface area contributed by atoms with Crippen molar-refractivity contribution in [3.8, 4) is 11.5 Å². The number of rotatable bonds is 3. The molecule has 0 saturated carbocycles. The first-order chi connectivity index (χ1) is 10.1. The van der Waals surface area contributed by atoms with Crippen LogP contribution in [-0.2, 0) is 6.54 Å². The molecule has 3 rings (SSSR count). The Morgan fingerprint density at radius 1 is 1.10 bits per heavy atom. The third-order valence-electron chi connectivity index (χ3n) is 3.34. The van der Waals surface area contributed by atoms with Crippen molar-refractivity contribution in [2.75, 3.05) is 18.5 Å². The number of hydrogen-bond donors (Lipinski definition) is 1. The lowest BCUT2D eigenvalue weighted by atomic mass is 10.1. The van der Waals surface area contributed by atoms with E-state index in [4.69, 9.17) is 9.47 Å². The van der Waals surface area contributed by atoms with Crippen LogP contribution in [0.15, 0.2) is 39.3 Å². The molecule has 0 saturated heterocycles. The standard InChI is InChI=1S/C16H15Br2NO2/c1-10-2-3-12(17)8-14(10)19-9-11-6-13(18)16-15(7-11)20-4-5-21-16/h2-3,6-8,19H,4-5,9H2,1H3. The molecule has 0 radical (unpaired) electrons. The van der Waals surface area contributed by atoms with Gasteiger partial charge in [-0.25, -0.2) is 0 Å². The monoisotopic (exact) mass is 411 g/mol. The minimum absolute atomic E-state index is 0.598. The summed E-state index contributed by atoms with van der Waals surface area (Å²) in [4.78, 5) is 0. The molecule has 0 aliphatic carbocycles. The third-order valence-corrected chi connectivity index (χ3v) is 4.42. The molecule has 0 atom stereocenters. The Bertz CT molecular complexity index is 674. The maximum absolute atomic E-state index is 5.65. The molecule has 1 N–H and O–H groups in total. The van der Waals surface area contributed by atoms with Gasteiger partial charge in [0.25, 0.3) is 0 Å². The van der Waals surface area contributed by atoms with Gasteiger partial charge in [0.15, 0.2) is 11.5 Å². The first-order valence-electron chi connectivity index (χ1n) is 6.71. The van der Waals surface area contributed by atoms with Gasteiger partial charge in [0, 0.05) is 16.7 Å². The smallest absolute Gasteiger partial charge is 0.175 e. The van der Waals surface area contributed by atoms with E-state index in [0.29, 0.717) is 13.2 Å². The molecule has 5 heteroatoms. The molecule has 1 heterocycles. The normalized spacial score (nSPS) is 13.1. The maximum Gasteiger partial charge on any atom is 0.175 e. The zero-order valence-electron chi connectivity index (χ0n) is 11.6. The number of hydrogen-bond acceptors (Lipinski definition) is 3. The molecule has 21 heavy (non-hydrogen) atoms. The quantitative estimate of drug-likeness (QED) is 0.777. The average Bonchev–Trinajstić information content (AvgIpc) is 2.48. The van der Waals surface area contributed by atoms with Gasteiger partial charge in [-0.1, -0.05) is 22.0 Å². The first kappa shape index (κ1) is 14.7. The highest BCUT2D eigenvalue weighted by atomic mass is 79.9. The summed E-state index contributed by atoms with van der Waals surface area (Å²) in [6.07, 6.45) is 0. The molecule has 3 nitrogen and oxygen atoms in total. The van der Waals surface area contributed by atoms with Gasteiger partial charge in [-0.3, -0.25) is 0 Å². The van der Waals surface area contributed by atoms with Crippen LogP contribution in [0.25, 0.3) is 0 Å². The highest BCUT2D eigenvalue weighted by Gasteiger charge is 2.16. The van der Waals surface area contributed by atoms with Crippen LogP contribution in [-0.4, -0.2) is 13.2 Å². The lowest BCUT2D eigenvalue weighted by molar-refractivity contribution is 0.170. The van der Waals surface area contributed by atoms with Crippen LogP contribution < -0.4 is 14.8 Å². The number of anilines is 1. The van der Waals surface area contributed by atoms with Crippen LogP contribution in [0.4, 0.5) is 5.69 Å². The molecule has 1 aliphatic rings. The minimum atomic E-state index is 0.598. The van der Waals surface area contributed by atoms with Gasteiger partial charge < -0.3 is 14.8 Å². The molecular weight excluding hydrogens is 398 g/mol. The molecule has 1 aliphatic heterocycles. The summed E-state index contributed by atoms with van der Waals surface area (Å²) in [5, 5.41) is 3.46. The second kappa shape index (κ2) is 6.28. The largest absolute Gasteiger partial charge is 0.486 e. The fraction of sp³-hybridized carbons (Fsp3) is 0.250. The third kappa shape index (κ3) is 3.35. The Morgan fingerprint density at radius 3 is 2.76 bits per heavy atom. The van der Waals surface area contributed by atoms with Gasteiger partial charge in [0.1, 0.15) is 13.2 Å². The number of aryl methyl sites for hydroxylation is 1. The Labute approximate surface area is 140 Å². The van der Waals surface area contributed by atoms with E-state index in [0.717, 1.165) is 38.2 Å². The van der Waals surface area contributed by atoms with E-state index in [1.54, 1.807) is 0 Å². The molecule has 0 bridgehead atoms. The lowest BCUT2D eigenvalue weighted by Gasteiger charge is -2.20. The van der Waals surface area contributed by atoms with E-state index in [2.05, 4.69) is 62.3 Å². The van der Waals surface area contributed by atoms with E-state index in [1.165, 1.54) is 5.56 Å². The van der Waals surface area contributed by atoms with Gasteiger partial charge in [-0.2, -0.15) is 0 Å². The predicted molar refractivity (Wildman–Crippen MR) is 91.3 cm³/mol. The van der Waals surface area contributed by atoms with Gasteiger partial charge in [0.05, 0.1) is 4.47 Å². The molecular formula is C16H15Br2NO2. The number of ether oxygens (including phenoxy) is 2. The first-order valence-corrected chi connectivity index (χ1v) is 8.30. The van der Waals surface area contributed by atoms with Crippen molar-refractivity contribution >= 4 is 37.5 Å². The van der Waals surface area contributed by atoms with Gasteiger partial charge in [0.2, 0.25) is 0 Å². The number of fused-ring (bicyclic) bond motifs is 1. The Kier molecular flexibility index (Phi) is 4.40. The highest BCUT2D eigenvalue weighted by molar-refractivity contribution is 9.10. The van der Waals surface area contributed by atoms with Crippen molar-refractivity contribution in [2.24, 2.45) is 0 Å². The number of nitrogens with one attached hydrogen (secondary N) is 1. The van der Waals surface area contributed by atoms with E-state index in [-0.39, 0.29) is 0 Å². The fourth-order valence-corrected chi connectivity index (χ4v) is 3.21. The summed E-state index contributed by atoms with van der Waals surface area (Å²) in [7, 11) is 0. The Hall–Kier alpha value is -1.20. The van der Waals surface area contributed by atoms with Crippen molar-refractivity contribution in [1.29, 1.82) is 0 Å². The summed E-state index contributed by atoms with van der Waals surface area (Å²) in [6, 6.07) is 10.3. The van der Waals surface area contributed by atoms with Crippen LogP contribution in [0.2, 0.25) is 0 Å². The molecule has 0 aromatic heterocycles. The molecule has 2 aromatic rings. The van der Waals surface area contributed by atoms with E-state index in [1.807, 2.05) is 12.1 Å². The summed E-state index contributed by atoms with van der Waals surface area (Å²) in [6.45, 7) is 4.02. The van der Waals surface area contributed by atoms with E-state index >= 15 is 0 Å². The van der Waals surface area contributed by atoms with Crippen molar-refractivity contribution in [3.05, 3.63) is 50.4 Å². The number of benzene rings is 2. The zero-order chi connectivity index (χ0) is 14.8. The van der Waals surface area contributed by atoms with Gasteiger partial charge in [-0.05, 0) is 58.2 Å². The predicted octanol–water partition coefficient (Wildman–Crippen LogP) is 4.90. The van der Waals surface area contributed by atoms with Crippen LogP contribution in [0, 0.1) is 6.92 Å². The Morgan fingerprint density at radius 2 is 1.90 bits per heavy atom. The van der Waals surface area contributed by atoms with Crippen LogP contribution in [0.1, 0.15) is 11.1 Å². The topological polar surface area (TPSA) is 30.5 Å². The average molecular weight is 413 g/mol. The van der Waals surface area contributed by atoms with Crippen LogP contribution in [0.5, 0.6) is 11.5 Å². The summed E-state index contributed by atoms with van der Waals surface area (Å²) >= 11 is 7.04. The van der Waals surface area contributed by atoms with Crippen molar-refractivity contribution in [1.82, 2.24) is 0 Å². The van der Waals surface area contributed by atoms with Crippen molar-refractivity contribution < 1.29 is 9.47 Å². The maximum atomic E-state index is 5.65. The van der Waals surface area contributed by atoms with E-state index < -0.39 is 0 Å². The molecule has 0 amide bonds. The lowest BCUT2D eigenvalue weighted by Crippen LogP contribution is -2.16. The summed E-state index contributed by atoms with van der Waals surface area (Å²) in [5.74, 6) is 1.60. The molecule has 0 spiro atoms. The molecule has 110 valence electrons. The molecule has 0 unspecified atom stereocenters. The number of halogens is 2. The fourth-order valence-electron chi connectivity index (χ4n) is 2.25. The second-order valence-electron chi connectivity index (χ2n) is 4.91. The second-order valence-corrected chi connectivity index (χ2v) is 6.68. The van der Waals surface area contributed by atoms with Crippen LogP contribution in [0.3, 0.4) is 0 Å². The van der Waals surface area contributed by atoms with Gasteiger partial charge >= 0.3 is 0 Å². The van der Waals surface area contributed by atoms with Crippen molar-refractivity contribution in [2.45, 2.75) is 13.5 Å². The van der Waals surface area contributed by atoms with Gasteiger partial charge in [-0.15, -0.1) is 0 Å². The van der Waals surface area contributed by atoms with E-state index in [9.17, 15) is 0 Å².